The van der Waals surface area contributed by atoms with Crippen LogP contribution < -0.4 is 0 Å². The summed E-state index contributed by atoms with van der Waals surface area (Å²) in [4.78, 5) is 0. The van der Waals surface area contributed by atoms with Crippen LogP contribution in [0, 0.1) is 0 Å². The van der Waals surface area contributed by atoms with Crippen LogP contribution in [0.5, 0.6) is 0 Å². The molecule has 0 radical (unpaired) electrons. The van der Waals surface area contributed by atoms with Crippen molar-refractivity contribution in [1.29, 1.82) is 0 Å². The second-order valence-corrected chi connectivity index (χ2v) is 20.0. The van der Waals surface area contributed by atoms with Crippen LogP contribution in [-0.2, 0) is 0 Å². The predicted octanol–water partition coefficient (Wildman–Crippen LogP) is 19.8. The van der Waals surface area contributed by atoms with Crippen LogP contribution in [0.1, 0.15) is 322 Å². The smallest absolute Gasteiger partial charge is 0.0780 e. The van der Waals surface area contributed by atoms with Crippen LogP contribution in [0.2, 0.25) is 0 Å². The molecule has 0 heterocycles. The summed E-state index contributed by atoms with van der Waals surface area (Å²) in [6, 6.07) is 0. The van der Waals surface area contributed by atoms with Gasteiger partial charge in [-0.25, -0.2) is 0 Å². The van der Waals surface area contributed by atoms with Gasteiger partial charge in [-0.05, 0) is 12.8 Å². The van der Waals surface area contributed by atoms with E-state index in [-0.39, 0.29) is 0 Å². The molecule has 0 unspecified atom stereocenters. The van der Waals surface area contributed by atoms with E-state index in [4.69, 9.17) is 0 Å². The summed E-state index contributed by atoms with van der Waals surface area (Å²) in [7, 11) is 6.94. The molecule has 0 fully saturated rings. The van der Waals surface area contributed by atoms with Crippen molar-refractivity contribution >= 4 is 0 Å². The molecule has 0 rings (SSSR count). The maximum atomic E-state index is 2.31. The Labute approximate surface area is 352 Å². The number of quaternary nitrogens is 1. The first-order chi connectivity index (χ1) is 27.1. The lowest BCUT2D eigenvalue weighted by atomic mass is 10.0. The molecule has 0 bridgehead atoms. The highest BCUT2D eigenvalue weighted by Gasteiger charge is 2.05. The van der Waals surface area contributed by atoms with Gasteiger partial charge in [-0.15, -0.1) is 0 Å². The third kappa shape index (κ3) is 54.0. The van der Waals surface area contributed by atoms with Crippen molar-refractivity contribution in [1.82, 2.24) is 0 Å². The first kappa shape index (κ1) is 55.0. The monoisotopic (exact) mass is 775 g/mol. The Balaban J connectivity index is 3.06. The van der Waals surface area contributed by atoms with Crippen molar-refractivity contribution in [3.63, 3.8) is 0 Å². The zero-order chi connectivity index (χ0) is 39.9. The highest BCUT2D eigenvalue weighted by atomic mass is 15.3. The topological polar surface area (TPSA) is 0 Å². The van der Waals surface area contributed by atoms with Crippen LogP contribution in [0.3, 0.4) is 0 Å². The van der Waals surface area contributed by atoms with Gasteiger partial charge in [0.2, 0.25) is 0 Å². The minimum atomic E-state index is 1.12. The van der Waals surface area contributed by atoms with E-state index in [2.05, 4.69) is 28.1 Å². The minimum absolute atomic E-state index is 1.12. The molecule has 0 aliphatic carbocycles. The molecule has 0 N–H and O–H groups in total. The van der Waals surface area contributed by atoms with E-state index in [0.717, 1.165) is 4.48 Å². The summed E-state index contributed by atoms with van der Waals surface area (Å²) in [5.74, 6) is 0. The van der Waals surface area contributed by atoms with Crippen molar-refractivity contribution in [2.75, 3.05) is 27.7 Å². The highest BCUT2D eigenvalue weighted by molar-refractivity contribution is 4.54. The first-order valence-electron chi connectivity index (χ1n) is 26.9. The lowest BCUT2D eigenvalue weighted by Gasteiger charge is -2.23. The van der Waals surface area contributed by atoms with Crippen LogP contribution in [0.4, 0.5) is 0 Å². The minimum Gasteiger partial charge on any atom is -0.331 e. The van der Waals surface area contributed by atoms with Gasteiger partial charge in [0.05, 0.1) is 27.7 Å². The van der Waals surface area contributed by atoms with Crippen molar-refractivity contribution in [3.05, 3.63) is 0 Å². The molecule has 0 aliphatic heterocycles. The van der Waals surface area contributed by atoms with Crippen molar-refractivity contribution in [2.24, 2.45) is 0 Å². The summed E-state index contributed by atoms with van der Waals surface area (Å²) in [6.45, 7) is 3.65. The Morgan fingerprint density at radius 3 is 0.382 bits per heavy atom. The summed E-state index contributed by atoms with van der Waals surface area (Å²) >= 11 is 0. The summed E-state index contributed by atoms with van der Waals surface area (Å²) in [5.41, 5.74) is 0. The fourth-order valence-electron chi connectivity index (χ4n) is 8.97. The van der Waals surface area contributed by atoms with Crippen LogP contribution in [-0.4, -0.2) is 32.2 Å². The molecule has 1 heteroatoms. The molecule has 0 amide bonds. The largest absolute Gasteiger partial charge is 0.331 e. The lowest BCUT2D eigenvalue weighted by Crippen LogP contribution is -2.35. The molecule has 0 atom stereocenters. The molecule has 1 nitrogen and oxygen atoms in total. The van der Waals surface area contributed by atoms with Crippen molar-refractivity contribution in [3.8, 4) is 0 Å². The normalized spacial score (nSPS) is 12.0. The Morgan fingerprint density at radius 2 is 0.273 bits per heavy atom. The quantitative estimate of drug-likeness (QED) is 0.0426. The maximum Gasteiger partial charge on any atom is 0.0780 e. The van der Waals surface area contributed by atoms with Gasteiger partial charge in [-0.3, -0.25) is 0 Å². The van der Waals surface area contributed by atoms with Crippen LogP contribution in [0.25, 0.3) is 0 Å². The van der Waals surface area contributed by atoms with Gasteiger partial charge >= 0.3 is 0 Å². The van der Waals surface area contributed by atoms with Gasteiger partial charge in [0.15, 0.2) is 0 Å². The van der Waals surface area contributed by atoms with Crippen LogP contribution >= 0.6 is 0 Å². The number of hydrogen-bond acceptors (Lipinski definition) is 0. The van der Waals surface area contributed by atoms with Crippen molar-refractivity contribution in [2.45, 2.75) is 322 Å². The zero-order valence-corrected chi connectivity index (χ0v) is 39.8. The third-order valence-corrected chi connectivity index (χ3v) is 12.9. The Hall–Kier alpha value is -0.0400. The second kappa shape index (κ2) is 48.3. The van der Waals surface area contributed by atoms with Crippen LogP contribution in [0.15, 0.2) is 0 Å². The van der Waals surface area contributed by atoms with E-state index < -0.39 is 0 Å². The fraction of sp³-hybridized carbons (Fsp3) is 1.00. The summed E-state index contributed by atoms with van der Waals surface area (Å²) in [6.07, 6.45) is 72.8. The van der Waals surface area contributed by atoms with Gasteiger partial charge in [0, 0.05) is 0 Å². The molecule has 0 saturated carbocycles. The van der Waals surface area contributed by atoms with Gasteiger partial charge in [-0.2, -0.15) is 0 Å². The average molecular weight is 775 g/mol. The van der Waals surface area contributed by atoms with E-state index in [1.54, 1.807) is 0 Å². The molecule has 0 aromatic rings. The Bertz CT molecular complexity index is 648. The van der Waals surface area contributed by atoms with Gasteiger partial charge < -0.3 is 4.48 Å². The molecule has 332 valence electrons. The predicted molar refractivity (Wildman–Crippen MR) is 255 cm³/mol. The first-order valence-corrected chi connectivity index (χ1v) is 26.9. The van der Waals surface area contributed by atoms with Crippen molar-refractivity contribution < 1.29 is 4.48 Å². The fourth-order valence-corrected chi connectivity index (χ4v) is 8.97. The molecular formula is C54H112N+. The SMILES string of the molecule is CCCCCCCCCCCCCCCCCCCCCCCCCCCCCCCCCCCCCCCCCCCCCCCCCCC[N+](C)(C)C. The molecule has 0 aromatic carbocycles. The zero-order valence-electron chi connectivity index (χ0n) is 39.8. The number of unbranched alkanes of at least 4 members (excludes halogenated alkanes) is 48. The maximum absolute atomic E-state index is 2.31. The molecule has 0 spiro atoms. The molecule has 0 aliphatic rings. The number of nitrogens with zero attached hydrogens (tertiary/aromatic N) is 1. The Kier molecular flexibility index (Phi) is 48.3. The van der Waals surface area contributed by atoms with Gasteiger partial charge in [0.25, 0.3) is 0 Å². The van der Waals surface area contributed by atoms with E-state index >= 15 is 0 Å². The number of hydrogen-bond donors (Lipinski definition) is 0. The molecule has 0 saturated heterocycles. The second-order valence-electron chi connectivity index (χ2n) is 20.0. The molecule has 55 heavy (non-hydrogen) atoms. The lowest BCUT2D eigenvalue weighted by molar-refractivity contribution is -0.870. The molecular weight excluding hydrogens is 663 g/mol. The molecule has 0 aromatic heterocycles. The van der Waals surface area contributed by atoms with E-state index in [1.165, 1.54) is 321 Å². The van der Waals surface area contributed by atoms with E-state index in [9.17, 15) is 0 Å². The average Bonchev–Trinajstić information content (AvgIpc) is 3.17. The number of rotatable bonds is 50. The third-order valence-electron chi connectivity index (χ3n) is 12.9. The van der Waals surface area contributed by atoms with Gasteiger partial charge in [0.1, 0.15) is 0 Å². The van der Waals surface area contributed by atoms with E-state index in [0.29, 0.717) is 0 Å². The summed E-state index contributed by atoms with van der Waals surface area (Å²) < 4.78 is 1.12. The van der Waals surface area contributed by atoms with E-state index in [1.807, 2.05) is 0 Å². The standard InChI is InChI=1S/C54H112N/c1-5-6-7-8-9-10-11-12-13-14-15-16-17-18-19-20-21-22-23-24-25-26-27-28-29-30-31-32-33-34-35-36-37-38-39-40-41-42-43-44-45-46-47-48-49-50-51-52-53-54-55(2,3)4/h5-54H2,1-4H3/q+1. The Morgan fingerprint density at radius 1 is 0.164 bits per heavy atom. The van der Waals surface area contributed by atoms with Gasteiger partial charge in [-0.1, -0.05) is 309 Å². The highest BCUT2D eigenvalue weighted by Crippen LogP contribution is 2.19. The summed E-state index contributed by atoms with van der Waals surface area (Å²) in [5, 5.41) is 0.